The maximum absolute atomic E-state index is 10.7. The van der Waals surface area contributed by atoms with Crippen molar-refractivity contribution >= 4 is 10.2 Å². The summed E-state index contributed by atoms with van der Waals surface area (Å²) in [6.45, 7) is 2.59. The molecule has 0 saturated heterocycles. The highest BCUT2D eigenvalue weighted by Crippen LogP contribution is 2.34. The molecule has 1 aliphatic carbocycles. The molecule has 0 aromatic carbocycles. The first-order chi connectivity index (χ1) is 5.91. The lowest BCUT2D eigenvalue weighted by atomic mass is 9.76. The molecule has 0 aromatic heterocycles. The van der Waals surface area contributed by atoms with E-state index in [0.29, 0.717) is 6.54 Å². The minimum atomic E-state index is -3.51. The molecule has 0 amide bonds. The largest absolute Gasteiger partial charge is 0.274 e. The van der Waals surface area contributed by atoms with Gasteiger partial charge in [0.25, 0.3) is 10.2 Å². The van der Waals surface area contributed by atoms with Gasteiger partial charge < -0.3 is 0 Å². The highest BCUT2D eigenvalue weighted by atomic mass is 32.2. The van der Waals surface area contributed by atoms with E-state index < -0.39 is 10.2 Å². The smallest absolute Gasteiger partial charge is 0.216 e. The van der Waals surface area contributed by atoms with Crippen molar-refractivity contribution in [1.29, 1.82) is 0 Å². The van der Waals surface area contributed by atoms with Crippen LogP contribution in [0.15, 0.2) is 0 Å². The highest BCUT2D eigenvalue weighted by molar-refractivity contribution is 7.87. The van der Waals surface area contributed by atoms with Crippen LogP contribution < -0.4 is 9.86 Å². The van der Waals surface area contributed by atoms with Crippen molar-refractivity contribution < 1.29 is 8.42 Å². The van der Waals surface area contributed by atoms with E-state index in [9.17, 15) is 8.42 Å². The Morgan fingerprint density at radius 1 is 1.31 bits per heavy atom. The molecule has 78 valence electrons. The standard InChI is InChI=1S/C8H18N2O2S/c1-8(5-3-2-4-6-8)7-10-13(9,11)12/h10H,2-7H2,1H3,(H2,9,11,12). The topological polar surface area (TPSA) is 72.2 Å². The Balaban J connectivity index is 2.42. The van der Waals surface area contributed by atoms with Crippen LogP contribution in [0.4, 0.5) is 0 Å². The molecule has 0 heterocycles. The fourth-order valence-corrected chi connectivity index (χ4v) is 2.41. The summed E-state index contributed by atoms with van der Waals surface area (Å²) in [6.07, 6.45) is 5.85. The normalized spacial score (nSPS) is 22.9. The maximum atomic E-state index is 10.7. The van der Waals surface area contributed by atoms with Crippen molar-refractivity contribution in [2.45, 2.75) is 39.0 Å². The lowest BCUT2D eigenvalue weighted by Gasteiger charge is -2.33. The van der Waals surface area contributed by atoms with Crippen LogP contribution >= 0.6 is 0 Å². The molecule has 5 heteroatoms. The molecule has 13 heavy (non-hydrogen) atoms. The first-order valence-electron chi connectivity index (χ1n) is 4.69. The van der Waals surface area contributed by atoms with Crippen LogP contribution in [-0.2, 0) is 10.2 Å². The van der Waals surface area contributed by atoms with Gasteiger partial charge in [-0.05, 0) is 18.3 Å². The quantitative estimate of drug-likeness (QED) is 0.715. The Bertz CT molecular complexity index is 255. The second-order valence-electron chi connectivity index (χ2n) is 4.24. The highest BCUT2D eigenvalue weighted by Gasteiger charge is 2.27. The molecule has 4 nitrogen and oxygen atoms in total. The average molecular weight is 206 g/mol. The van der Waals surface area contributed by atoms with Gasteiger partial charge in [0.2, 0.25) is 0 Å². The van der Waals surface area contributed by atoms with Gasteiger partial charge in [-0.15, -0.1) is 0 Å². The zero-order chi connectivity index (χ0) is 9.95. The fraction of sp³-hybridized carbons (Fsp3) is 1.00. The summed E-state index contributed by atoms with van der Waals surface area (Å²) in [7, 11) is -3.51. The molecule has 0 atom stereocenters. The van der Waals surface area contributed by atoms with E-state index >= 15 is 0 Å². The summed E-state index contributed by atoms with van der Waals surface area (Å²) in [5.41, 5.74) is 0.116. The Hall–Kier alpha value is -0.130. The van der Waals surface area contributed by atoms with E-state index in [4.69, 9.17) is 5.14 Å². The Kier molecular flexibility index (Phi) is 3.32. The van der Waals surface area contributed by atoms with Crippen molar-refractivity contribution in [2.24, 2.45) is 10.6 Å². The number of rotatable bonds is 3. The molecule has 0 radical (unpaired) electrons. The lowest BCUT2D eigenvalue weighted by molar-refractivity contribution is 0.219. The van der Waals surface area contributed by atoms with Crippen LogP contribution in [0.3, 0.4) is 0 Å². The van der Waals surface area contributed by atoms with Gasteiger partial charge in [0.15, 0.2) is 0 Å². The van der Waals surface area contributed by atoms with E-state index in [1.54, 1.807) is 0 Å². The maximum Gasteiger partial charge on any atom is 0.274 e. The van der Waals surface area contributed by atoms with Gasteiger partial charge in [0.1, 0.15) is 0 Å². The Labute approximate surface area is 80.1 Å². The molecule has 0 aromatic rings. The lowest BCUT2D eigenvalue weighted by Crippen LogP contribution is -2.40. The molecule has 0 aliphatic heterocycles. The van der Waals surface area contributed by atoms with Crippen LogP contribution in [0.1, 0.15) is 39.0 Å². The predicted octanol–water partition coefficient (Wildman–Crippen LogP) is 0.750. The zero-order valence-corrected chi connectivity index (χ0v) is 8.86. The van der Waals surface area contributed by atoms with Gasteiger partial charge >= 0.3 is 0 Å². The molecular formula is C8H18N2O2S. The molecular weight excluding hydrogens is 188 g/mol. The molecule has 1 rings (SSSR count). The molecule has 3 N–H and O–H groups in total. The number of nitrogens with one attached hydrogen (secondary N) is 1. The van der Waals surface area contributed by atoms with Crippen LogP contribution in [0, 0.1) is 5.41 Å². The summed E-state index contributed by atoms with van der Waals surface area (Å²) in [5, 5.41) is 4.87. The van der Waals surface area contributed by atoms with Gasteiger partial charge in [-0.1, -0.05) is 26.2 Å². The van der Waals surface area contributed by atoms with Crippen molar-refractivity contribution in [2.75, 3.05) is 6.54 Å². The third-order valence-corrected chi connectivity index (χ3v) is 3.31. The second kappa shape index (κ2) is 3.94. The van der Waals surface area contributed by atoms with Gasteiger partial charge in [0, 0.05) is 6.54 Å². The van der Waals surface area contributed by atoms with Crippen molar-refractivity contribution in [3.05, 3.63) is 0 Å². The summed E-state index contributed by atoms with van der Waals surface area (Å²) in [6, 6.07) is 0. The monoisotopic (exact) mass is 206 g/mol. The van der Waals surface area contributed by atoms with Crippen LogP contribution in [0.2, 0.25) is 0 Å². The summed E-state index contributed by atoms with van der Waals surface area (Å²) in [5.74, 6) is 0. The molecule has 0 unspecified atom stereocenters. The molecule has 1 fully saturated rings. The van der Waals surface area contributed by atoms with Crippen molar-refractivity contribution in [3.8, 4) is 0 Å². The van der Waals surface area contributed by atoms with Crippen LogP contribution in [0.5, 0.6) is 0 Å². The first kappa shape index (κ1) is 10.9. The Morgan fingerprint density at radius 3 is 2.31 bits per heavy atom. The average Bonchev–Trinajstić information content (AvgIpc) is 2.02. The van der Waals surface area contributed by atoms with E-state index in [0.717, 1.165) is 12.8 Å². The SMILES string of the molecule is CC1(CNS(N)(=O)=O)CCCCC1. The van der Waals surface area contributed by atoms with Gasteiger partial charge in [-0.25, -0.2) is 9.86 Å². The third kappa shape index (κ3) is 4.06. The van der Waals surface area contributed by atoms with Gasteiger partial charge in [-0.3, -0.25) is 0 Å². The Morgan fingerprint density at radius 2 is 1.85 bits per heavy atom. The van der Waals surface area contributed by atoms with Crippen molar-refractivity contribution in [1.82, 2.24) is 4.72 Å². The number of hydrogen-bond donors (Lipinski definition) is 2. The first-order valence-corrected chi connectivity index (χ1v) is 6.23. The van der Waals surface area contributed by atoms with Gasteiger partial charge in [-0.2, -0.15) is 8.42 Å². The zero-order valence-electron chi connectivity index (χ0n) is 8.04. The van der Waals surface area contributed by atoms with E-state index in [1.807, 2.05) is 0 Å². The molecule has 1 saturated carbocycles. The number of hydrogen-bond acceptors (Lipinski definition) is 2. The molecule has 0 bridgehead atoms. The summed E-state index contributed by atoms with van der Waals surface area (Å²) < 4.78 is 23.7. The van der Waals surface area contributed by atoms with Crippen LogP contribution in [-0.4, -0.2) is 15.0 Å². The minimum Gasteiger partial charge on any atom is -0.216 e. The summed E-state index contributed by atoms with van der Waals surface area (Å²) >= 11 is 0. The van der Waals surface area contributed by atoms with E-state index in [-0.39, 0.29) is 5.41 Å². The third-order valence-electron chi connectivity index (χ3n) is 2.76. The molecule has 0 spiro atoms. The van der Waals surface area contributed by atoms with Crippen LogP contribution in [0.25, 0.3) is 0 Å². The van der Waals surface area contributed by atoms with Gasteiger partial charge in [0.05, 0.1) is 0 Å². The predicted molar refractivity (Wildman–Crippen MR) is 52.3 cm³/mol. The molecule has 1 aliphatic rings. The van der Waals surface area contributed by atoms with Crippen molar-refractivity contribution in [3.63, 3.8) is 0 Å². The van der Waals surface area contributed by atoms with E-state index in [2.05, 4.69) is 11.6 Å². The number of nitrogens with two attached hydrogens (primary N) is 1. The fourth-order valence-electron chi connectivity index (χ4n) is 1.86. The van der Waals surface area contributed by atoms with E-state index in [1.165, 1.54) is 19.3 Å². The second-order valence-corrected chi connectivity index (χ2v) is 5.62. The minimum absolute atomic E-state index is 0.116. The summed E-state index contributed by atoms with van der Waals surface area (Å²) in [4.78, 5) is 0.